The monoisotopic (exact) mass is 561 g/mol. The summed E-state index contributed by atoms with van der Waals surface area (Å²) >= 11 is 0. The summed E-state index contributed by atoms with van der Waals surface area (Å²) in [5, 5.41) is 25.2. The first kappa shape index (κ1) is 26.1. The van der Waals surface area contributed by atoms with Crippen molar-refractivity contribution in [3.63, 3.8) is 0 Å². The standard InChI is InChI=1S/C20H22F3N7O7S/c21-20(22,23)9-2-1-3-10(6-9)38(35,36)37-12-8-30-17(25)26-11(7-29-13(31)4-5-14(29)32)15-18(30,19(12,33)34)28-16(24)27-15/h1-3,6,11-12,15,33-34H,4-5,7-8H2,(H2,25,26)(H3,24,27,28)/t11-,12-,15-,18-/m0/s1. The number of benzene rings is 1. The van der Waals surface area contributed by atoms with E-state index in [0.717, 1.165) is 21.9 Å². The molecule has 206 valence electrons. The molecule has 4 atom stereocenters. The molecule has 1 spiro atoms. The van der Waals surface area contributed by atoms with Gasteiger partial charge in [-0.15, -0.1) is 0 Å². The summed E-state index contributed by atoms with van der Waals surface area (Å²) in [6, 6.07) is 0.324. The Morgan fingerprint density at radius 2 is 1.82 bits per heavy atom. The van der Waals surface area contributed by atoms with Crippen molar-refractivity contribution in [2.45, 2.75) is 53.6 Å². The second-order valence-electron chi connectivity index (χ2n) is 9.20. The Hall–Kier alpha value is -3.48. The fourth-order valence-corrected chi connectivity index (χ4v) is 6.33. The van der Waals surface area contributed by atoms with E-state index in [1.165, 1.54) is 0 Å². The van der Waals surface area contributed by atoms with Crippen molar-refractivity contribution in [1.29, 1.82) is 0 Å². The van der Waals surface area contributed by atoms with Crippen LogP contribution in [0.2, 0.25) is 0 Å². The molecule has 0 radical (unpaired) electrons. The van der Waals surface area contributed by atoms with Crippen molar-refractivity contribution < 1.29 is 45.6 Å². The Balaban J connectivity index is 1.48. The van der Waals surface area contributed by atoms with Gasteiger partial charge in [0.2, 0.25) is 17.6 Å². The zero-order valence-corrected chi connectivity index (χ0v) is 20.1. The fourth-order valence-electron chi connectivity index (χ4n) is 5.20. The number of amides is 2. The molecule has 0 unspecified atom stereocenters. The van der Waals surface area contributed by atoms with Gasteiger partial charge in [0.15, 0.2) is 23.7 Å². The van der Waals surface area contributed by atoms with E-state index in [1.807, 2.05) is 0 Å². The van der Waals surface area contributed by atoms with Crippen LogP contribution in [0.15, 0.2) is 39.1 Å². The highest BCUT2D eigenvalue weighted by Gasteiger charge is 2.74. The molecule has 2 saturated heterocycles. The molecule has 1 aromatic rings. The average Bonchev–Trinajstić information content (AvgIpc) is 3.41. The van der Waals surface area contributed by atoms with Crippen LogP contribution in [0.5, 0.6) is 0 Å². The maximum absolute atomic E-state index is 13.1. The molecular weight excluding hydrogens is 539 g/mol. The number of nitrogens with two attached hydrogens (primary N) is 2. The molecule has 0 bridgehead atoms. The minimum atomic E-state index is -4.97. The summed E-state index contributed by atoms with van der Waals surface area (Å²) in [6.45, 7) is -0.928. The Labute approximate surface area is 212 Å². The van der Waals surface area contributed by atoms with Gasteiger partial charge in [0, 0.05) is 12.8 Å². The second-order valence-corrected chi connectivity index (χ2v) is 10.8. The molecule has 2 amide bonds. The molecular formula is C20H22F3N7O7S. The Morgan fingerprint density at radius 3 is 2.45 bits per heavy atom. The number of carbonyl (C=O) groups is 2. The number of imide groups is 1. The van der Waals surface area contributed by atoms with Crippen molar-refractivity contribution in [1.82, 2.24) is 15.1 Å². The summed E-state index contributed by atoms with van der Waals surface area (Å²) in [5.41, 5.74) is 8.52. The maximum atomic E-state index is 13.1. The van der Waals surface area contributed by atoms with Crippen LogP contribution < -0.4 is 16.8 Å². The number of halogens is 3. The average molecular weight is 561 g/mol. The number of carbonyl (C=O) groups excluding carboxylic acids is 2. The number of rotatable bonds is 5. The minimum Gasteiger partial charge on any atom is -0.370 e. The SMILES string of the molecule is NC1=N[C@H]2[C@H](CN3C(=O)CCC3=O)N=C(N)N3C[C@H](OS(=O)(=O)c4cccc(C(F)(F)F)c4)C(O)(O)[C@]23N1. The van der Waals surface area contributed by atoms with Gasteiger partial charge < -0.3 is 31.9 Å². The topological polar surface area (TPSA) is 213 Å². The maximum Gasteiger partial charge on any atom is 0.416 e. The van der Waals surface area contributed by atoms with Crippen LogP contribution in [0, 0.1) is 0 Å². The number of guanidine groups is 2. The van der Waals surface area contributed by atoms with E-state index >= 15 is 0 Å². The second kappa shape index (κ2) is 8.26. The van der Waals surface area contributed by atoms with E-state index in [9.17, 15) is 41.4 Å². The highest BCUT2D eigenvalue weighted by Crippen LogP contribution is 2.46. The van der Waals surface area contributed by atoms with Crippen LogP contribution in [-0.2, 0) is 30.1 Å². The molecule has 4 aliphatic rings. The van der Waals surface area contributed by atoms with E-state index in [2.05, 4.69) is 15.3 Å². The van der Waals surface area contributed by atoms with Crippen LogP contribution in [0.1, 0.15) is 18.4 Å². The lowest BCUT2D eigenvalue weighted by atomic mass is 9.85. The fraction of sp³-hybridized carbons (Fsp3) is 0.500. The first-order valence-electron chi connectivity index (χ1n) is 11.2. The molecule has 18 heteroatoms. The van der Waals surface area contributed by atoms with Crippen molar-refractivity contribution >= 4 is 33.9 Å². The van der Waals surface area contributed by atoms with Crippen LogP contribution in [-0.4, -0.2) is 94.9 Å². The summed E-state index contributed by atoms with van der Waals surface area (Å²) in [6.07, 6.45) is -6.88. The number of nitrogens with one attached hydrogen (secondary N) is 1. The van der Waals surface area contributed by atoms with Crippen LogP contribution in [0.25, 0.3) is 0 Å². The van der Waals surface area contributed by atoms with Crippen LogP contribution >= 0.6 is 0 Å². The van der Waals surface area contributed by atoms with Crippen molar-refractivity contribution in [2.24, 2.45) is 21.5 Å². The lowest BCUT2D eigenvalue weighted by Gasteiger charge is -2.49. The number of likely N-dealkylation sites (tertiary alicyclic amines) is 1. The third-order valence-corrected chi connectivity index (χ3v) is 8.28. The Kier molecular flexibility index (Phi) is 5.68. The normalized spacial score (nSPS) is 30.6. The molecule has 14 nitrogen and oxygen atoms in total. The van der Waals surface area contributed by atoms with E-state index in [1.54, 1.807) is 0 Å². The molecule has 2 fully saturated rings. The van der Waals surface area contributed by atoms with Gasteiger partial charge >= 0.3 is 6.18 Å². The number of nitrogens with zero attached hydrogens (tertiary/aromatic N) is 4. The molecule has 0 aliphatic carbocycles. The summed E-state index contributed by atoms with van der Waals surface area (Å²) in [7, 11) is -4.97. The predicted molar refractivity (Wildman–Crippen MR) is 120 cm³/mol. The van der Waals surface area contributed by atoms with Crippen LogP contribution in [0.3, 0.4) is 0 Å². The van der Waals surface area contributed by atoms with Gasteiger partial charge in [-0.25, -0.2) is 9.98 Å². The molecule has 0 aromatic heterocycles. The number of aliphatic imine (C=N–C) groups is 2. The Bertz CT molecular complexity index is 1370. The first-order chi connectivity index (χ1) is 17.6. The van der Waals surface area contributed by atoms with Crippen LogP contribution in [0.4, 0.5) is 13.2 Å². The summed E-state index contributed by atoms with van der Waals surface area (Å²) in [4.78, 5) is 33.9. The Morgan fingerprint density at radius 1 is 1.16 bits per heavy atom. The van der Waals surface area contributed by atoms with E-state index in [0.29, 0.717) is 12.1 Å². The van der Waals surface area contributed by atoms with Gasteiger partial charge in [-0.05, 0) is 18.2 Å². The molecule has 5 rings (SSSR count). The van der Waals surface area contributed by atoms with E-state index < -0.39 is 74.8 Å². The largest absolute Gasteiger partial charge is 0.416 e. The number of aliphatic hydroxyl groups is 2. The lowest BCUT2D eigenvalue weighted by Crippen LogP contribution is -2.77. The van der Waals surface area contributed by atoms with Crippen molar-refractivity contribution in [3.05, 3.63) is 29.8 Å². The van der Waals surface area contributed by atoms with Gasteiger partial charge in [-0.1, -0.05) is 6.07 Å². The third kappa shape index (κ3) is 3.77. The number of alkyl halides is 3. The zero-order valence-electron chi connectivity index (χ0n) is 19.3. The van der Waals surface area contributed by atoms with Gasteiger partial charge in [0.05, 0.1) is 29.6 Å². The molecule has 4 heterocycles. The van der Waals surface area contributed by atoms with E-state index in [4.69, 9.17) is 15.7 Å². The first-order valence-corrected chi connectivity index (χ1v) is 12.6. The molecule has 0 saturated carbocycles. The lowest BCUT2D eigenvalue weighted by molar-refractivity contribution is -0.251. The summed E-state index contributed by atoms with van der Waals surface area (Å²) in [5.74, 6) is -4.71. The third-order valence-electron chi connectivity index (χ3n) is 6.97. The van der Waals surface area contributed by atoms with Gasteiger partial charge in [0.1, 0.15) is 6.04 Å². The van der Waals surface area contributed by atoms with Gasteiger partial charge in [0.25, 0.3) is 10.1 Å². The predicted octanol–water partition coefficient (Wildman–Crippen LogP) is -2.40. The summed E-state index contributed by atoms with van der Waals surface area (Å²) < 4.78 is 70.2. The van der Waals surface area contributed by atoms with Gasteiger partial charge in [-0.3, -0.25) is 18.7 Å². The van der Waals surface area contributed by atoms with Crippen molar-refractivity contribution in [2.75, 3.05) is 13.1 Å². The molecule has 38 heavy (non-hydrogen) atoms. The van der Waals surface area contributed by atoms with Gasteiger partial charge in [-0.2, -0.15) is 21.6 Å². The molecule has 7 N–H and O–H groups in total. The van der Waals surface area contributed by atoms with Crippen molar-refractivity contribution in [3.8, 4) is 0 Å². The molecule has 4 aliphatic heterocycles. The smallest absolute Gasteiger partial charge is 0.370 e. The quantitative estimate of drug-likeness (QED) is 0.145. The number of hydrogen-bond acceptors (Lipinski definition) is 13. The minimum absolute atomic E-state index is 0.0103. The molecule has 1 aromatic carbocycles. The zero-order chi connectivity index (χ0) is 27.8. The van der Waals surface area contributed by atoms with E-state index in [-0.39, 0.29) is 31.3 Å². The highest BCUT2D eigenvalue weighted by molar-refractivity contribution is 7.86. The number of hydrogen-bond donors (Lipinski definition) is 5. The highest BCUT2D eigenvalue weighted by atomic mass is 32.2.